The highest BCUT2D eigenvalue weighted by molar-refractivity contribution is 5.91. The molecule has 2 heterocycles. The van der Waals surface area contributed by atoms with E-state index in [2.05, 4.69) is 15.2 Å². The van der Waals surface area contributed by atoms with Crippen molar-refractivity contribution in [3.05, 3.63) is 18.3 Å². The van der Waals surface area contributed by atoms with E-state index >= 15 is 0 Å². The summed E-state index contributed by atoms with van der Waals surface area (Å²) in [6.07, 6.45) is 4.45. The van der Waals surface area contributed by atoms with Crippen molar-refractivity contribution < 1.29 is 4.79 Å². The van der Waals surface area contributed by atoms with Crippen LogP contribution in [0, 0.1) is 0 Å². The van der Waals surface area contributed by atoms with Gasteiger partial charge in [0.25, 0.3) is 0 Å². The molecule has 1 aliphatic heterocycles. The summed E-state index contributed by atoms with van der Waals surface area (Å²) in [4.78, 5) is 18.4. The molecule has 3 N–H and O–H groups in total. The standard InChI is InChI=1S/C14H22N4O/c1-14(2,15)9-13(19)17-11-5-6-12(16-10-11)18-7-3-4-8-18/h5-6,10H,3-4,7-9,15H2,1-2H3,(H,17,19). The molecule has 0 atom stereocenters. The number of aromatic nitrogens is 1. The van der Waals surface area contributed by atoms with Crippen molar-refractivity contribution in [3.63, 3.8) is 0 Å². The van der Waals surface area contributed by atoms with Gasteiger partial charge in [-0.3, -0.25) is 4.79 Å². The Balaban J connectivity index is 1.93. The maximum absolute atomic E-state index is 11.7. The van der Waals surface area contributed by atoms with Gasteiger partial charge >= 0.3 is 0 Å². The minimum absolute atomic E-state index is 0.0803. The largest absolute Gasteiger partial charge is 0.357 e. The van der Waals surface area contributed by atoms with Crippen molar-refractivity contribution in [1.29, 1.82) is 0 Å². The number of nitrogens with one attached hydrogen (secondary N) is 1. The Morgan fingerprint density at radius 1 is 1.42 bits per heavy atom. The monoisotopic (exact) mass is 262 g/mol. The summed E-state index contributed by atoms with van der Waals surface area (Å²) in [6, 6.07) is 3.84. The van der Waals surface area contributed by atoms with Gasteiger partial charge in [-0.15, -0.1) is 0 Å². The average molecular weight is 262 g/mol. The van der Waals surface area contributed by atoms with Crippen LogP contribution in [0.5, 0.6) is 0 Å². The number of hydrogen-bond acceptors (Lipinski definition) is 4. The Morgan fingerprint density at radius 2 is 2.11 bits per heavy atom. The third-order valence-electron chi connectivity index (χ3n) is 3.08. The van der Waals surface area contributed by atoms with Crippen molar-refractivity contribution in [2.45, 2.75) is 38.6 Å². The second-order valence-corrected chi connectivity index (χ2v) is 5.81. The van der Waals surface area contributed by atoms with Gasteiger partial charge in [-0.2, -0.15) is 0 Å². The van der Waals surface area contributed by atoms with Gasteiger partial charge in [-0.05, 0) is 38.8 Å². The third-order valence-corrected chi connectivity index (χ3v) is 3.08. The van der Waals surface area contributed by atoms with Gasteiger partial charge in [0.1, 0.15) is 5.82 Å². The van der Waals surface area contributed by atoms with Gasteiger partial charge in [0.2, 0.25) is 5.91 Å². The lowest BCUT2D eigenvalue weighted by atomic mass is 10.0. The summed E-state index contributed by atoms with van der Waals surface area (Å²) < 4.78 is 0. The molecular formula is C14H22N4O. The number of hydrogen-bond donors (Lipinski definition) is 2. The molecule has 0 bridgehead atoms. The zero-order chi connectivity index (χ0) is 13.9. The number of nitrogens with two attached hydrogens (primary N) is 1. The zero-order valence-electron chi connectivity index (χ0n) is 11.6. The first-order chi connectivity index (χ1) is 8.94. The van der Waals surface area contributed by atoms with Crippen LogP contribution in [0.3, 0.4) is 0 Å². The molecule has 1 aromatic rings. The van der Waals surface area contributed by atoms with Crippen molar-refractivity contribution >= 4 is 17.4 Å². The predicted molar refractivity (Wildman–Crippen MR) is 77.2 cm³/mol. The molecule has 1 aromatic heterocycles. The van der Waals surface area contributed by atoms with Crippen molar-refractivity contribution in [1.82, 2.24) is 4.98 Å². The zero-order valence-corrected chi connectivity index (χ0v) is 11.6. The van der Waals surface area contributed by atoms with E-state index in [9.17, 15) is 4.79 Å². The molecule has 1 fully saturated rings. The van der Waals surface area contributed by atoms with Crippen LogP contribution in [0.2, 0.25) is 0 Å². The van der Waals surface area contributed by atoms with Crippen LogP contribution in [0.1, 0.15) is 33.1 Å². The molecule has 0 unspecified atom stereocenters. The van der Waals surface area contributed by atoms with Crippen LogP contribution in [-0.4, -0.2) is 29.5 Å². The predicted octanol–water partition coefficient (Wildman–Crippen LogP) is 1.75. The topological polar surface area (TPSA) is 71.2 Å². The Morgan fingerprint density at radius 3 is 2.63 bits per heavy atom. The smallest absolute Gasteiger partial charge is 0.226 e. The Kier molecular flexibility index (Phi) is 4.04. The van der Waals surface area contributed by atoms with E-state index in [1.807, 2.05) is 26.0 Å². The van der Waals surface area contributed by atoms with E-state index in [1.54, 1.807) is 6.20 Å². The van der Waals surface area contributed by atoms with Crippen LogP contribution >= 0.6 is 0 Å². The molecule has 0 aromatic carbocycles. The molecule has 104 valence electrons. The lowest BCUT2D eigenvalue weighted by molar-refractivity contribution is -0.117. The SMILES string of the molecule is CC(C)(N)CC(=O)Nc1ccc(N2CCCC2)nc1. The van der Waals surface area contributed by atoms with Crippen LogP contribution in [-0.2, 0) is 4.79 Å². The first-order valence-corrected chi connectivity index (χ1v) is 6.74. The fourth-order valence-electron chi connectivity index (χ4n) is 2.21. The maximum Gasteiger partial charge on any atom is 0.226 e. The lowest BCUT2D eigenvalue weighted by Crippen LogP contribution is -2.36. The number of amides is 1. The van der Waals surface area contributed by atoms with Crippen molar-refractivity contribution in [2.24, 2.45) is 5.73 Å². The summed E-state index contributed by atoms with van der Waals surface area (Å²) >= 11 is 0. The third kappa shape index (κ3) is 4.21. The van der Waals surface area contributed by atoms with Crippen molar-refractivity contribution in [2.75, 3.05) is 23.3 Å². The molecule has 0 saturated carbocycles. The molecule has 2 rings (SSSR count). The molecule has 1 amide bonds. The molecule has 0 radical (unpaired) electrons. The van der Waals surface area contributed by atoms with Crippen LogP contribution in [0.15, 0.2) is 18.3 Å². The minimum atomic E-state index is -0.493. The Hall–Kier alpha value is -1.62. The van der Waals surface area contributed by atoms with Gasteiger partial charge in [0.15, 0.2) is 0 Å². The van der Waals surface area contributed by atoms with Gasteiger partial charge in [0, 0.05) is 25.0 Å². The van der Waals surface area contributed by atoms with Gasteiger partial charge in [-0.25, -0.2) is 4.98 Å². The van der Waals surface area contributed by atoms with E-state index in [0.29, 0.717) is 6.42 Å². The lowest BCUT2D eigenvalue weighted by Gasteiger charge is -2.18. The first kappa shape index (κ1) is 13.8. The highest BCUT2D eigenvalue weighted by Crippen LogP contribution is 2.19. The molecule has 5 nitrogen and oxygen atoms in total. The average Bonchev–Trinajstić information content (AvgIpc) is 2.80. The number of anilines is 2. The second-order valence-electron chi connectivity index (χ2n) is 5.81. The molecule has 0 aliphatic carbocycles. The van der Waals surface area contributed by atoms with Gasteiger partial charge in [-0.1, -0.05) is 0 Å². The summed E-state index contributed by atoms with van der Waals surface area (Å²) in [5, 5.41) is 2.82. The molecule has 1 aliphatic rings. The summed E-state index contributed by atoms with van der Waals surface area (Å²) in [6.45, 7) is 5.81. The first-order valence-electron chi connectivity index (χ1n) is 6.74. The molecule has 19 heavy (non-hydrogen) atoms. The fourth-order valence-corrected chi connectivity index (χ4v) is 2.21. The quantitative estimate of drug-likeness (QED) is 0.867. The number of pyridine rings is 1. The second kappa shape index (κ2) is 5.57. The van der Waals surface area contributed by atoms with E-state index in [4.69, 9.17) is 5.73 Å². The van der Waals surface area contributed by atoms with E-state index in [-0.39, 0.29) is 5.91 Å². The maximum atomic E-state index is 11.7. The normalized spacial score (nSPS) is 15.6. The highest BCUT2D eigenvalue weighted by atomic mass is 16.1. The van der Waals surface area contributed by atoms with Crippen LogP contribution in [0.25, 0.3) is 0 Å². The molecule has 1 saturated heterocycles. The number of nitrogens with zero attached hydrogens (tertiary/aromatic N) is 2. The van der Waals surface area contributed by atoms with Gasteiger partial charge in [0.05, 0.1) is 11.9 Å². The molecule has 5 heteroatoms. The number of carbonyl (C=O) groups is 1. The van der Waals surface area contributed by atoms with E-state index in [0.717, 1.165) is 24.6 Å². The minimum Gasteiger partial charge on any atom is -0.357 e. The Bertz CT molecular complexity index is 430. The molecular weight excluding hydrogens is 240 g/mol. The van der Waals surface area contributed by atoms with Crippen molar-refractivity contribution in [3.8, 4) is 0 Å². The van der Waals surface area contributed by atoms with Gasteiger partial charge < -0.3 is 16.0 Å². The van der Waals surface area contributed by atoms with E-state index < -0.39 is 5.54 Å². The fraction of sp³-hybridized carbons (Fsp3) is 0.571. The van der Waals surface area contributed by atoms with E-state index in [1.165, 1.54) is 12.8 Å². The summed E-state index contributed by atoms with van der Waals surface area (Å²) in [7, 11) is 0. The van der Waals surface area contributed by atoms with Crippen LogP contribution in [0.4, 0.5) is 11.5 Å². The Labute approximate surface area is 114 Å². The number of carbonyl (C=O) groups excluding carboxylic acids is 1. The number of rotatable bonds is 4. The summed E-state index contributed by atoms with van der Waals surface area (Å²) in [5.41, 5.74) is 6.04. The molecule has 0 spiro atoms. The van der Waals surface area contributed by atoms with Crippen LogP contribution < -0.4 is 16.0 Å². The summed E-state index contributed by atoms with van der Waals surface area (Å²) in [5.74, 6) is 0.901. The highest BCUT2D eigenvalue weighted by Gasteiger charge is 2.17.